The van der Waals surface area contributed by atoms with Crippen LogP contribution in [-0.2, 0) is 10.2 Å². The fourth-order valence-corrected chi connectivity index (χ4v) is 2.86. The number of fused-ring (bicyclic) bond motifs is 1. The second-order valence-electron chi connectivity index (χ2n) is 7.56. The Morgan fingerprint density at radius 2 is 1.63 bits per heavy atom. The topological polar surface area (TPSA) is 52.9 Å². The number of nitriles is 1. The number of anilines is 1. The van der Waals surface area contributed by atoms with E-state index < -0.39 is 5.91 Å². The van der Waals surface area contributed by atoms with Gasteiger partial charge in [-0.15, -0.1) is 0 Å². The van der Waals surface area contributed by atoms with E-state index in [1.807, 2.05) is 72.8 Å². The summed E-state index contributed by atoms with van der Waals surface area (Å²) in [6, 6.07) is 23.6. The van der Waals surface area contributed by atoms with Gasteiger partial charge in [-0.1, -0.05) is 75.4 Å². The fraction of sp³-hybridized carbons (Fsp3) is 0.167. The zero-order valence-corrected chi connectivity index (χ0v) is 15.8. The molecular weight excluding hydrogens is 332 g/mol. The van der Waals surface area contributed by atoms with Crippen molar-refractivity contribution in [3.8, 4) is 6.07 Å². The second kappa shape index (κ2) is 7.47. The van der Waals surface area contributed by atoms with Gasteiger partial charge in [-0.25, -0.2) is 0 Å². The third-order valence-corrected chi connectivity index (χ3v) is 4.46. The van der Waals surface area contributed by atoms with Crippen molar-refractivity contribution in [1.29, 1.82) is 5.26 Å². The van der Waals surface area contributed by atoms with E-state index in [1.54, 1.807) is 6.08 Å². The summed E-state index contributed by atoms with van der Waals surface area (Å²) in [5.41, 5.74) is 2.84. The molecule has 0 aliphatic rings. The number of rotatable bonds is 3. The van der Waals surface area contributed by atoms with Gasteiger partial charge in [0.05, 0.1) is 0 Å². The van der Waals surface area contributed by atoms with Gasteiger partial charge in [0.25, 0.3) is 5.91 Å². The lowest BCUT2D eigenvalue weighted by Crippen LogP contribution is -2.13. The minimum Gasteiger partial charge on any atom is -0.321 e. The molecule has 0 spiro atoms. The highest BCUT2D eigenvalue weighted by atomic mass is 16.1. The molecule has 3 aromatic rings. The summed E-state index contributed by atoms with van der Waals surface area (Å²) in [6.45, 7) is 6.45. The number of nitrogens with one attached hydrogen (secondary N) is 1. The molecule has 3 aromatic carbocycles. The van der Waals surface area contributed by atoms with Gasteiger partial charge >= 0.3 is 0 Å². The molecule has 0 aliphatic heterocycles. The van der Waals surface area contributed by atoms with Crippen LogP contribution in [0.3, 0.4) is 0 Å². The molecule has 3 heteroatoms. The maximum atomic E-state index is 12.5. The summed E-state index contributed by atoms with van der Waals surface area (Å²) in [5.74, 6) is -0.410. The predicted molar refractivity (Wildman–Crippen MR) is 111 cm³/mol. The molecule has 0 fully saturated rings. The van der Waals surface area contributed by atoms with Crippen molar-refractivity contribution in [3.63, 3.8) is 0 Å². The minimum atomic E-state index is -0.410. The lowest BCUT2D eigenvalue weighted by atomic mass is 9.86. The molecule has 1 amide bonds. The number of benzene rings is 3. The van der Waals surface area contributed by atoms with Crippen LogP contribution >= 0.6 is 0 Å². The number of carbonyl (C=O) groups is 1. The number of hydrogen-bond acceptors (Lipinski definition) is 2. The predicted octanol–water partition coefficient (Wildman–Crippen LogP) is 5.68. The lowest BCUT2D eigenvalue weighted by Gasteiger charge is -2.18. The highest BCUT2D eigenvalue weighted by Crippen LogP contribution is 2.23. The molecular formula is C24H22N2O. The standard InChI is InChI=1S/C24H22N2O/c1-24(2,3)21-11-8-17(9-12-21)14-20(16-25)23(27)26-22-13-10-18-6-4-5-7-19(18)15-22/h4-15H,1-3H3,(H,26,27)/b20-14-. The summed E-state index contributed by atoms with van der Waals surface area (Å²) in [7, 11) is 0. The number of nitrogens with zero attached hydrogens (tertiary/aromatic N) is 1. The quantitative estimate of drug-likeness (QED) is 0.486. The zero-order valence-electron chi connectivity index (χ0n) is 15.8. The van der Waals surface area contributed by atoms with E-state index in [4.69, 9.17) is 0 Å². The summed E-state index contributed by atoms with van der Waals surface area (Å²) in [6.07, 6.45) is 1.61. The van der Waals surface area contributed by atoms with Gasteiger partial charge in [0.1, 0.15) is 11.6 Å². The SMILES string of the molecule is CC(C)(C)c1ccc(/C=C(/C#N)C(=O)Nc2ccc3ccccc3c2)cc1. The third kappa shape index (κ3) is 4.43. The molecule has 0 heterocycles. The number of carbonyl (C=O) groups excluding carboxylic acids is 1. The van der Waals surface area contributed by atoms with Gasteiger partial charge in [-0.2, -0.15) is 5.26 Å². The van der Waals surface area contributed by atoms with Crippen LogP contribution in [0.25, 0.3) is 16.8 Å². The molecule has 27 heavy (non-hydrogen) atoms. The van der Waals surface area contributed by atoms with Gasteiger partial charge < -0.3 is 5.32 Å². The molecule has 3 nitrogen and oxygen atoms in total. The summed E-state index contributed by atoms with van der Waals surface area (Å²) >= 11 is 0. The van der Waals surface area contributed by atoms with Crippen LogP contribution < -0.4 is 5.32 Å². The highest BCUT2D eigenvalue weighted by Gasteiger charge is 2.13. The molecule has 0 saturated heterocycles. The van der Waals surface area contributed by atoms with Crippen LogP contribution in [-0.4, -0.2) is 5.91 Å². The Morgan fingerprint density at radius 1 is 0.963 bits per heavy atom. The van der Waals surface area contributed by atoms with E-state index in [0.29, 0.717) is 5.69 Å². The van der Waals surface area contributed by atoms with Crippen molar-refractivity contribution >= 4 is 28.4 Å². The smallest absolute Gasteiger partial charge is 0.266 e. The Morgan fingerprint density at radius 3 is 2.26 bits per heavy atom. The summed E-state index contributed by atoms with van der Waals surface area (Å²) in [5, 5.41) is 14.4. The molecule has 3 rings (SSSR count). The zero-order chi connectivity index (χ0) is 19.4. The Balaban J connectivity index is 1.80. The molecule has 0 atom stereocenters. The van der Waals surface area contributed by atoms with Gasteiger partial charge in [0, 0.05) is 5.69 Å². The second-order valence-corrected chi connectivity index (χ2v) is 7.56. The minimum absolute atomic E-state index is 0.0633. The van der Waals surface area contributed by atoms with Crippen molar-refractivity contribution in [1.82, 2.24) is 0 Å². The van der Waals surface area contributed by atoms with Crippen LogP contribution in [0.15, 0.2) is 72.3 Å². The van der Waals surface area contributed by atoms with Crippen molar-refractivity contribution in [2.24, 2.45) is 0 Å². The number of hydrogen-bond donors (Lipinski definition) is 1. The first-order valence-electron chi connectivity index (χ1n) is 8.89. The van der Waals surface area contributed by atoms with E-state index in [9.17, 15) is 10.1 Å². The van der Waals surface area contributed by atoms with Gasteiger partial charge in [-0.3, -0.25) is 4.79 Å². The molecule has 0 aromatic heterocycles. The van der Waals surface area contributed by atoms with E-state index in [0.717, 1.165) is 16.3 Å². The van der Waals surface area contributed by atoms with Gasteiger partial charge in [0.2, 0.25) is 0 Å². The molecule has 0 bridgehead atoms. The Kier molecular flexibility index (Phi) is 5.09. The molecule has 134 valence electrons. The Hall–Kier alpha value is -3.38. The first kappa shape index (κ1) is 18.4. The average Bonchev–Trinajstić information content (AvgIpc) is 2.65. The van der Waals surface area contributed by atoms with Crippen LogP contribution in [0, 0.1) is 11.3 Å². The Labute approximate surface area is 160 Å². The van der Waals surface area contributed by atoms with Gasteiger partial charge in [0.15, 0.2) is 0 Å². The van der Waals surface area contributed by atoms with Crippen LogP contribution in [0.2, 0.25) is 0 Å². The molecule has 0 saturated carbocycles. The van der Waals surface area contributed by atoms with Crippen molar-refractivity contribution in [2.75, 3.05) is 5.32 Å². The highest BCUT2D eigenvalue weighted by molar-refractivity contribution is 6.10. The van der Waals surface area contributed by atoms with E-state index in [-0.39, 0.29) is 11.0 Å². The molecule has 0 aliphatic carbocycles. The number of amides is 1. The maximum absolute atomic E-state index is 12.5. The fourth-order valence-electron chi connectivity index (χ4n) is 2.86. The monoisotopic (exact) mass is 354 g/mol. The molecule has 0 radical (unpaired) electrons. The first-order valence-corrected chi connectivity index (χ1v) is 8.89. The van der Waals surface area contributed by atoms with Crippen LogP contribution in [0.4, 0.5) is 5.69 Å². The molecule has 1 N–H and O–H groups in total. The van der Waals surface area contributed by atoms with E-state index >= 15 is 0 Å². The van der Waals surface area contributed by atoms with Crippen LogP contribution in [0.1, 0.15) is 31.9 Å². The van der Waals surface area contributed by atoms with Crippen LogP contribution in [0.5, 0.6) is 0 Å². The lowest BCUT2D eigenvalue weighted by molar-refractivity contribution is -0.112. The third-order valence-electron chi connectivity index (χ3n) is 4.46. The van der Waals surface area contributed by atoms with E-state index in [1.165, 1.54) is 5.56 Å². The van der Waals surface area contributed by atoms with Gasteiger partial charge in [-0.05, 0) is 45.5 Å². The first-order chi connectivity index (χ1) is 12.9. The molecule has 0 unspecified atom stereocenters. The summed E-state index contributed by atoms with van der Waals surface area (Å²) in [4.78, 5) is 12.5. The average molecular weight is 354 g/mol. The van der Waals surface area contributed by atoms with Crippen molar-refractivity contribution in [2.45, 2.75) is 26.2 Å². The Bertz CT molecular complexity index is 1050. The summed E-state index contributed by atoms with van der Waals surface area (Å²) < 4.78 is 0. The normalized spacial score (nSPS) is 11.9. The van der Waals surface area contributed by atoms with Crippen molar-refractivity contribution in [3.05, 3.63) is 83.4 Å². The maximum Gasteiger partial charge on any atom is 0.266 e. The van der Waals surface area contributed by atoms with E-state index in [2.05, 4.69) is 26.1 Å². The largest absolute Gasteiger partial charge is 0.321 e. The van der Waals surface area contributed by atoms with Crippen molar-refractivity contribution < 1.29 is 4.79 Å².